The third kappa shape index (κ3) is 3.30. The van der Waals surface area contributed by atoms with Crippen molar-refractivity contribution in [1.29, 1.82) is 0 Å². The summed E-state index contributed by atoms with van der Waals surface area (Å²) in [5, 5.41) is 12.7. The number of nitrogens with zero attached hydrogens (tertiary/aromatic N) is 2. The van der Waals surface area contributed by atoms with Crippen LogP contribution in [0, 0.1) is 0 Å². The molecule has 21 heavy (non-hydrogen) atoms. The molecule has 5 heteroatoms. The molecule has 1 aliphatic heterocycles. The van der Waals surface area contributed by atoms with Crippen molar-refractivity contribution in [3.05, 3.63) is 30.5 Å². The topological polar surface area (TPSA) is 45.6 Å². The quantitative estimate of drug-likeness (QED) is 0.859. The van der Waals surface area contributed by atoms with Gasteiger partial charge in [0.25, 0.3) is 0 Å². The molecule has 2 aromatic rings. The first-order valence-corrected chi connectivity index (χ1v) is 8.40. The number of hydrogen-bond donors (Lipinski definition) is 1. The molecule has 1 saturated heterocycles. The lowest BCUT2D eigenvalue weighted by Gasteiger charge is -2.33. The van der Waals surface area contributed by atoms with Crippen LogP contribution in [0.5, 0.6) is 5.75 Å². The van der Waals surface area contributed by atoms with E-state index < -0.39 is 0 Å². The van der Waals surface area contributed by atoms with Crippen molar-refractivity contribution in [3.8, 4) is 5.75 Å². The molecule has 1 N–H and O–H groups in total. The van der Waals surface area contributed by atoms with E-state index >= 15 is 0 Å². The number of pyridine rings is 1. The lowest BCUT2D eigenvalue weighted by molar-refractivity contribution is 0.0480. The second-order valence-corrected chi connectivity index (χ2v) is 6.08. The minimum atomic E-state index is 0.285. The highest BCUT2D eigenvalue weighted by Crippen LogP contribution is 2.29. The Kier molecular flexibility index (Phi) is 4.60. The lowest BCUT2D eigenvalue weighted by atomic mass is 10.1. The average Bonchev–Trinajstić information content (AvgIpc) is 2.53. The van der Waals surface area contributed by atoms with Gasteiger partial charge in [-0.25, -0.2) is 4.98 Å². The molecule has 1 aromatic heterocycles. The number of benzene rings is 1. The van der Waals surface area contributed by atoms with Gasteiger partial charge >= 0.3 is 0 Å². The molecule has 3 rings (SSSR count). The Hall–Kier alpha value is -1.33. The van der Waals surface area contributed by atoms with Crippen LogP contribution in [0.3, 0.4) is 0 Å². The summed E-state index contributed by atoms with van der Waals surface area (Å²) in [6, 6.07) is 7.42. The van der Waals surface area contributed by atoms with E-state index in [1.807, 2.05) is 18.3 Å². The van der Waals surface area contributed by atoms with Gasteiger partial charge in [-0.2, -0.15) is 0 Å². The number of anilines is 1. The molecular formula is C16H19BrN2O2. The van der Waals surface area contributed by atoms with Crippen LogP contribution in [-0.2, 0) is 4.74 Å². The molecule has 4 nitrogen and oxygen atoms in total. The fraction of sp³-hybridized carbons (Fsp3) is 0.438. The van der Waals surface area contributed by atoms with Gasteiger partial charge in [-0.15, -0.1) is 0 Å². The Bertz CT molecular complexity index is 612. The maximum absolute atomic E-state index is 9.72. The van der Waals surface area contributed by atoms with Crippen LogP contribution in [0.1, 0.15) is 12.8 Å². The number of hydrogen-bond acceptors (Lipinski definition) is 4. The minimum absolute atomic E-state index is 0.285. The predicted molar refractivity (Wildman–Crippen MR) is 88.4 cm³/mol. The number of rotatable bonds is 4. The molecule has 1 aliphatic rings. The lowest BCUT2D eigenvalue weighted by Crippen LogP contribution is -2.37. The molecule has 0 bridgehead atoms. The molecule has 0 spiro atoms. The van der Waals surface area contributed by atoms with Gasteiger partial charge in [0, 0.05) is 30.0 Å². The van der Waals surface area contributed by atoms with Gasteiger partial charge in [-0.3, -0.25) is 0 Å². The standard InChI is InChI=1S/C16H19BrN2O2/c17-6-10-21-14-4-8-19(9-5-14)16-15-11-13(20)2-1-12(15)3-7-18-16/h1-3,7,11,14,20H,4-6,8-10H2. The fourth-order valence-electron chi connectivity index (χ4n) is 2.84. The average molecular weight is 351 g/mol. The van der Waals surface area contributed by atoms with E-state index in [1.165, 1.54) is 0 Å². The largest absolute Gasteiger partial charge is 0.508 e. The van der Waals surface area contributed by atoms with Gasteiger partial charge < -0.3 is 14.7 Å². The first kappa shape index (κ1) is 14.6. The second kappa shape index (κ2) is 6.62. The predicted octanol–water partition coefficient (Wildman–Crippen LogP) is 3.32. The Morgan fingerprint density at radius 2 is 2.10 bits per heavy atom. The first-order chi connectivity index (χ1) is 10.3. The van der Waals surface area contributed by atoms with Crippen molar-refractivity contribution in [2.45, 2.75) is 18.9 Å². The molecule has 0 aliphatic carbocycles. The number of aromatic hydroxyl groups is 1. The van der Waals surface area contributed by atoms with Crippen LogP contribution in [0.4, 0.5) is 5.82 Å². The van der Waals surface area contributed by atoms with Crippen molar-refractivity contribution in [2.75, 3.05) is 29.9 Å². The van der Waals surface area contributed by atoms with Crippen LogP contribution in [0.25, 0.3) is 10.8 Å². The molecule has 1 aromatic carbocycles. The van der Waals surface area contributed by atoms with Gasteiger partial charge in [0.05, 0.1) is 12.7 Å². The summed E-state index contributed by atoms with van der Waals surface area (Å²) in [4.78, 5) is 6.81. The van der Waals surface area contributed by atoms with E-state index in [9.17, 15) is 5.11 Å². The smallest absolute Gasteiger partial charge is 0.136 e. The maximum atomic E-state index is 9.72. The number of fused-ring (bicyclic) bond motifs is 1. The molecule has 1 fully saturated rings. The van der Waals surface area contributed by atoms with E-state index in [-0.39, 0.29) is 5.75 Å². The SMILES string of the molecule is Oc1ccc2ccnc(N3CCC(OCCBr)CC3)c2c1. The number of aromatic nitrogens is 1. The van der Waals surface area contributed by atoms with Crippen LogP contribution in [0.2, 0.25) is 0 Å². The molecule has 2 heterocycles. The van der Waals surface area contributed by atoms with Crippen LogP contribution in [-0.4, -0.2) is 41.2 Å². The molecule has 0 atom stereocenters. The van der Waals surface area contributed by atoms with E-state index in [2.05, 4.69) is 25.8 Å². The van der Waals surface area contributed by atoms with E-state index in [4.69, 9.17) is 4.74 Å². The van der Waals surface area contributed by atoms with Crippen molar-refractivity contribution in [2.24, 2.45) is 0 Å². The summed E-state index contributed by atoms with van der Waals surface area (Å²) in [6.45, 7) is 2.65. The fourth-order valence-corrected chi connectivity index (χ4v) is 3.03. The summed E-state index contributed by atoms with van der Waals surface area (Å²) in [7, 11) is 0. The van der Waals surface area contributed by atoms with Crippen molar-refractivity contribution >= 4 is 32.5 Å². The van der Waals surface area contributed by atoms with Crippen LogP contribution in [0.15, 0.2) is 30.5 Å². The zero-order chi connectivity index (χ0) is 14.7. The minimum Gasteiger partial charge on any atom is -0.508 e. The zero-order valence-electron chi connectivity index (χ0n) is 11.8. The third-order valence-corrected chi connectivity index (χ3v) is 4.22. The Morgan fingerprint density at radius 3 is 2.86 bits per heavy atom. The number of ether oxygens (including phenoxy) is 1. The van der Waals surface area contributed by atoms with E-state index in [0.29, 0.717) is 6.10 Å². The van der Waals surface area contributed by atoms with Gasteiger partial charge in [-0.1, -0.05) is 22.0 Å². The van der Waals surface area contributed by atoms with Crippen molar-refractivity contribution in [1.82, 2.24) is 4.98 Å². The number of phenols is 1. The number of phenolic OH excluding ortho intramolecular Hbond substituents is 1. The second-order valence-electron chi connectivity index (χ2n) is 5.29. The van der Waals surface area contributed by atoms with Gasteiger partial charge in [-0.05, 0) is 36.4 Å². The van der Waals surface area contributed by atoms with E-state index in [0.717, 1.165) is 54.5 Å². The highest BCUT2D eigenvalue weighted by atomic mass is 79.9. The maximum Gasteiger partial charge on any atom is 0.136 e. The highest BCUT2D eigenvalue weighted by Gasteiger charge is 2.21. The third-order valence-electron chi connectivity index (χ3n) is 3.90. The van der Waals surface area contributed by atoms with Crippen LogP contribution >= 0.6 is 15.9 Å². The van der Waals surface area contributed by atoms with Crippen molar-refractivity contribution in [3.63, 3.8) is 0 Å². The van der Waals surface area contributed by atoms with Gasteiger partial charge in [0.1, 0.15) is 11.6 Å². The normalized spacial score (nSPS) is 16.5. The van der Waals surface area contributed by atoms with Gasteiger partial charge in [0.2, 0.25) is 0 Å². The Morgan fingerprint density at radius 1 is 1.29 bits per heavy atom. The van der Waals surface area contributed by atoms with E-state index in [1.54, 1.807) is 12.1 Å². The number of halogens is 1. The Labute approximate surface area is 132 Å². The zero-order valence-corrected chi connectivity index (χ0v) is 13.4. The molecule has 0 amide bonds. The molecule has 0 saturated carbocycles. The molecule has 0 radical (unpaired) electrons. The van der Waals surface area contributed by atoms with Crippen molar-refractivity contribution < 1.29 is 9.84 Å². The highest BCUT2D eigenvalue weighted by molar-refractivity contribution is 9.09. The number of piperidine rings is 1. The van der Waals surface area contributed by atoms with Crippen LogP contribution < -0.4 is 4.90 Å². The summed E-state index contributed by atoms with van der Waals surface area (Å²) in [6.07, 6.45) is 4.22. The molecule has 0 unspecified atom stereocenters. The summed E-state index contributed by atoms with van der Waals surface area (Å²) >= 11 is 3.39. The summed E-state index contributed by atoms with van der Waals surface area (Å²) in [5.41, 5.74) is 0. The molecule has 112 valence electrons. The summed E-state index contributed by atoms with van der Waals surface area (Å²) in [5.74, 6) is 1.25. The number of alkyl halides is 1. The Balaban J connectivity index is 1.78. The first-order valence-electron chi connectivity index (χ1n) is 7.28. The summed E-state index contributed by atoms with van der Waals surface area (Å²) < 4.78 is 5.79. The monoisotopic (exact) mass is 350 g/mol. The van der Waals surface area contributed by atoms with Gasteiger partial charge in [0.15, 0.2) is 0 Å². The molecular weight excluding hydrogens is 332 g/mol.